The summed E-state index contributed by atoms with van der Waals surface area (Å²) in [5, 5.41) is 5.21. The Morgan fingerprint density at radius 3 is 2.59 bits per heavy atom. The number of alkyl halides is 2. The summed E-state index contributed by atoms with van der Waals surface area (Å²) < 4.78 is 65.4. The van der Waals surface area contributed by atoms with Gasteiger partial charge in [-0.25, -0.2) is 18.4 Å². The van der Waals surface area contributed by atoms with Crippen LogP contribution < -0.4 is 14.6 Å². The van der Waals surface area contributed by atoms with Crippen molar-refractivity contribution in [2.45, 2.75) is 25.4 Å². The summed E-state index contributed by atoms with van der Waals surface area (Å²) >= 11 is 0. The number of carbonyl (C=O) groups is 1. The lowest BCUT2D eigenvalue weighted by atomic mass is 9.87. The first kappa shape index (κ1) is 23.7. The van der Waals surface area contributed by atoms with E-state index >= 15 is 0 Å². The number of carbonyl (C=O) groups excluding carboxylic acids is 1. The Balaban J connectivity index is 1.88. The maximum absolute atomic E-state index is 13.1. The summed E-state index contributed by atoms with van der Waals surface area (Å²) in [6.07, 6.45) is -0.765. The number of sulfonamides is 1. The highest BCUT2D eigenvalue weighted by atomic mass is 32.2. The van der Waals surface area contributed by atoms with Crippen molar-refractivity contribution in [2.24, 2.45) is 5.14 Å². The van der Waals surface area contributed by atoms with Crippen LogP contribution in [0.1, 0.15) is 40.1 Å². The molecule has 0 amide bonds. The number of primary sulfonamides is 1. The van der Waals surface area contributed by atoms with Crippen LogP contribution in [0, 0.1) is 0 Å². The first-order valence-electron chi connectivity index (χ1n) is 10.3. The lowest BCUT2D eigenvalue weighted by Gasteiger charge is -2.31. The van der Waals surface area contributed by atoms with Crippen molar-refractivity contribution in [1.29, 1.82) is 0 Å². The summed E-state index contributed by atoms with van der Waals surface area (Å²) in [4.78, 5) is 12.3. The minimum atomic E-state index is -3.82. The van der Waals surface area contributed by atoms with E-state index in [4.69, 9.17) is 19.3 Å². The highest BCUT2D eigenvalue weighted by Crippen LogP contribution is 2.49. The molecule has 1 atom stereocenters. The number of hydrogen-bond donors (Lipinski definition) is 1. The normalized spacial score (nSPS) is 14.7. The largest absolute Gasteiger partial charge is 0.480 e. The molecule has 3 aromatic rings. The molecule has 4 rings (SSSR count). The van der Waals surface area contributed by atoms with E-state index in [2.05, 4.69) is 0 Å². The molecule has 34 heavy (non-hydrogen) atoms. The Bertz CT molecular complexity index is 1340. The van der Waals surface area contributed by atoms with Gasteiger partial charge in [-0.2, -0.15) is 8.78 Å². The SMILES string of the molecule is CCOC(=O)c1cccc(C2Oc3cccc(OC(F)F)c3-c3ccc(CS(N)(=O)=O)cc32)c1. The lowest BCUT2D eigenvalue weighted by Crippen LogP contribution is -2.19. The molecule has 0 bridgehead atoms. The zero-order valence-electron chi connectivity index (χ0n) is 18.0. The number of nitrogens with two attached hydrogens (primary N) is 1. The van der Waals surface area contributed by atoms with Gasteiger partial charge < -0.3 is 14.2 Å². The van der Waals surface area contributed by atoms with Crippen molar-refractivity contribution < 1.29 is 36.2 Å². The monoisotopic (exact) mass is 489 g/mol. The van der Waals surface area contributed by atoms with Crippen molar-refractivity contribution in [3.05, 3.63) is 82.9 Å². The van der Waals surface area contributed by atoms with E-state index in [1.807, 2.05) is 0 Å². The van der Waals surface area contributed by atoms with Gasteiger partial charge in [-0.05, 0) is 47.9 Å². The molecule has 0 aromatic heterocycles. The smallest absolute Gasteiger partial charge is 0.387 e. The van der Waals surface area contributed by atoms with Gasteiger partial charge in [0.1, 0.15) is 17.6 Å². The fraction of sp³-hybridized carbons (Fsp3) is 0.208. The maximum Gasteiger partial charge on any atom is 0.387 e. The Labute approximate surface area is 195 Å². The number of ether oxygens (including phenoxy) is 3. The van der Waals surface area contributed by atoms with Crippen molar-refractivity contribution in [2.75, 3.05) is 6.61 Å². The molecule has 1 aliphatic heterocycles. The average Bonchev–Trinajstić information content (AvgIpc) is 2.77. The molecular weight excluding hydrogens is 468 g/mol. The first-order chi connectivity index (χ1) is 16.2. The summed E-state index contributed by atoms with van der Waals surface area (Å²) in [5.41, 5.74) is 2.66. The average molecular weight is 489 g/mol. The van der Waals surface area contributed by atoms with E-state index in [1.54, 1.807) is 55.5 Å². The molecule has 2 N–H and O–H groups in total. The van der Waals surface area contributed by atoms with E-state index in [1.165, 1.54) is 12.1 Å². The molecule has 10 heteroatoms. The first-order valence-corrected chi connectivity index (χ1v) is 12.0. The second-order valence-corrected chi connectivity index (χ2v) is 9.19. The number of benzene rings is 3. The molecule has 178 valence electrons. The van der Waals surface area contributed by atoms with E-state index in [9.17, 15) is 22.0 Å². The van der Waals surface area contributed by atoms with Crippen LogP contribution in [0.4, 0.5) is 8.78 Å². The molecule has 3 aromatic carbocycles. The van der Waals surface area contributed by atoms with Crippen LogP contribution in [0.15, 0.2) is 60.7 Å². The molecule has 1 aliphatic rings. The summed E-state index contributed by atoms with van der Waals surface area (Å²) in [7, 11) is -3.82. The molecule has 7 nitrogen and oxygen atoms in total. The van der Waals surface area contributed by atoms with Gasteiger partial charge in [-0.15, -0.1) is 0 Å². The Morgan fingerprint density at radius 2 is 1.88 bits per heavy atom. The fourth-order valence-corrected chi connectivity index (χ4v) is 4.57. The van der Waals surface area contributed by atoms with Gasteiger partial charge in [0.2, 0.25) is 10.0 Å². The fourth-order valence-electron chi connectivity index (χ4n) is 3.93. The summed E-state index contributed by atoms with van der Waals surface area (Å²) in [6, 6.07) is 16.0. The van der Waals surface area contributed by atoms with Gasteiger partial charge in [0, 0.05) is 5.56 Å². The van der Waals surface area contributed by atoms with Crippen LogP contribution >= 0.6 is 0 Å². The van der Waals surface area contributed by atoms with Crippen LogP contribution in [0.3, 0.4) is 0 Å². The van der Waals surface area contributed by atoms with E-state index in [0.29, 0.717) is 39.1 Å². The van der Waals surface area contributed by atoms with Gasteiger partial charge in [-0.1, -0.05) is 36.4 Å². The minimum Gasteiger partial charge on any atom is -0.480 e. The standard InChI is InChI=1S/C24H21F2NO6S/c1-2-31-23(28)16-6-3-5-15(12-16)22-18-11-14(13-34(27,29)30)9-10-17(18)21-19(32-22)7-4-8-20(21)33-24(25)26/h3-12,22,24H,2,13H2,1H3,(H2,27,29,30). The Kier molecular flexibility index (Phi) is 6.54. The number of hydrogen-bond acceptors (Lipinski definition) is 6. The lowest BCUT2D eigenvalue weighted by molar-refractivity contribution is -0.0496. The second kappa shape index (κ2) is 9.40. The number of halogens is 2. The predicted octanol–water partition coefficient (Wildman–Crippen LogP) is 4.40. The number of fused-ring (bicyclic) bond motifs is 3. The Morgan fingerprint density at radius 1 is 1.12 bits per heavy atom. The molecule has 1 unspecified atom stereocenters. The quantitative estimate of drug-likeness (QED) is 0.493. The third-order valence-corrected chi connectivity index (χ3v) is 5.92. The molecule has 0 aliphatic carbocycles. The molecule has 0 saturated carbocycles. The second-order valence-electron chi connectivity index (χ2n) is 7.58. The third-order valence-electron chi connectivity index (χ3n) is 5.19. The van der Waals surface area contributed by atoms with Crippen LogP contribution in [0.2, 0.25) is 0 Å². The number of rotatable bonds is 7. The Hall–Kier alpha value is -3.50. The topological polar surface area (TPSA) is 105 Å². The molecular formula is C24H21F2NO6S. The summed E-state index contributed by atoms with van der Waals surface area (Å²) in [6.45, 7) is -1.13. The number of esters is 1. The van der Waals surface area contributed by atoms with E-state index in [0.717, 1.165) is 0 Å². The van der Waals surface area contributed by atoms with Crippen molar-refractivity contribution in [1.82, 2.24) is 0 Å². The van der Waals surface area contributed by atoms with Crippen LogP contribution in [-0.2, 0) is 20.5 Å². The zero-order chi connectivity index (χ0) is 24.5. The predicted molar refractivity (Wildman–Crippen MR) is 120 cm³/mol. The van der Waals surface area contributed by atoms with Gasteiger partial charge in [0.05, 0.1) is 23.5 Å². The van der Waals surface area contributed by atoms with Gasteiger partial charge in [-0.3, -0.25) is 0 Å². The zero-order valence-corrected chi connectivity index (χ0v) is 18.8. The molecule has 0 fully saturated rings. The minimum absolute atomic E-state index is 0.0772. The van der Waals surface area contributed by atoms with Crippen LogP contribution in [0.5, 0.6) is 11.5 Å². The third kappa shape index (κ3) is 5.02. The summed E-state index contributed by atoms with van der Waals surface area (Å²) in [5.74, 6) is -0.697. The van der Waals surface area contributed by atoms with Crippen LogP contribution in [-0.4, -0.2) is 27.6 Å². The molecule has 0 spiro atoms. The highest BCUT2D eigenvalue weighted by molar-refractivity contribution is 7.88. The van der Waals surface area contributed by atoms with E-state index < -0.39 is 34.5 Å². The van der Waals surface area contributed by atoms with Crippen molar-refractivity contribution in [3.63, 3.8) is 0 Å². The molecule has 0 radical (unpaired) electrons. The van der Waals surface area contributed by atoms with Crippen molar-refractivity contribution >= 4 is 16.0 Å². The van der Waals surface area contributed by atoms with E-state index in [-0.39, 0.29) is 12.4 Å². The van der Waals surface area contributed by atoms with Crippen molar-refractivity contribution in [3.8, 4) is 22.6 Å². The highest BCUT2D eigenvalue weighted by Gasteiger charge is 2.31. The van der Waals surface area contributed by atoms with Gasteiger partial charge in [0.15, 0.2) is 0 Å². The molecule has 0 saturated heterocycles. The van der Waals surface area contributed by atoms with Gasteiger partial charge in [0.25, 0.3) is 0 Å². The molecule has 1 heterocycles. The maximum atomic E-state index is 13.1. The van der Waals surface area contributed by atoms with Crippen LogP contribution in [0.25, 0.3) is 11.1 Å². The van der Waals surface area contributed by atoms with Gasteiger partial charge >= 0.3 is 12.6 Å².